The quantitative estimate of drug-likeness (QED) is 0.659. The number of benzene rings is 1. The zero-order valence-corrected chi connectivity index (χ0v) is 10.6. The van der Waals surface area contributed by atoms with Crippen LogP contribution in [0.4, 0.5) is 14.5 Å². The van der Waals surface area contributed by atoms with E-state index in [1.165, 1.54) is 6.92 Å². The van der Waals surface area contributed by atoms with Crippen molar-refractivity contribution in [3.8, 4) is 0 Å². The third kappa shape index (κ3) is 2.60. The van der Waals surface area contributed by atoms with E-state index in [0.29, 0.717) is 18.6 Å². The Morgan fingerprint density at radius 2 is 2.15 bits per heavy atom. The van der Waals surface area contributed by atoms with Crippen LogP contribution in [0.2, 0.25) is 0 Å². The zero-order chi connectivity index (χ0) is 15.1. The highest BCUT2D eigenvalue weighted by Gasteiger charge is 2.36. The van der Waals surface area contributed by atoms with Crippen LogP contribution in [0.5, 0.6) is 0 Å². The van der Waals surface area contributed by atoms with Gasteiger partial charge in [-0.3, -0.25) is 14.9 Å². The van der Waals surface area contributed by atoms with Crippen LogP contribution in [0.3, 0.4) is 0 Å². The fourth-order valence-corrected chi connectivity index (χ4v) is 2.15. The maximum absolute atomic E-state index is 13.9. The topological polar surface area (TPSA) is 83.7 Å². The molecule has 20 heavy (non-hydrogen) atoms. The van der Waals surface area contributed by atoms with Gasteiger partial charge < -0.3 is 10.0 Å². The monoisotopic (exact) mass is 286 g/mol. The Morgan fingerprint density at radius 1 is 1.50 bits per heavy atom. The first-order valence-corrected chi connectivity index (χ1v) is 5.86. The van der Waals surface area contributed by atoms with Crippen LogP contribution in [0.1, 0.15) is 23.7 Å². The van der Waals surface area contributed by atoms with Crippen LogP contribution >= 0.6 is 0 Å². The third-order valence-corrected chi connectivity index (χ3v) is 3.18. The highest BCUT2D eigenvalue weighted by Crippen LogP contribution is 2.27. The van der Waals surface area contributed by atoms with Crippen molar-refractivity contribution in [2.24, 2.45) is 0 Å². The first-order chi connectivity index (χ1) is 9.21. The number of aliphatic hydroxyl groups is 1. The first-order valence-electron chi connectivity index (χ1n) is 5.86. The van der Waals surface area contributed by atoms with Crippen molar-refractivity contribution in [3.63, 3.8) is 0 Å². The van der Waals surface area contributed by atoms with Crippen molar-refractivity contribution in [3.05, 3.63) is 39.4 Å². The number of nitrogens with zero attached hydrogens (tertiary/aromatic N) is 2. The lowest BCUT2D eigenvalue weighted by molar-refractivity contribution is -0.387. The number of likely N-dealkylation sites (tertiary alicyclic amines) is 1. The largest absolute Gasteiger partial charge is 0.388 e. The minimum Gasteiger partial charge on any atom is -0.388 e. The van der Waals surface area contributed by atoms with Crippen molar-refractivity contribution >= 4 is 11.6 Å². The molecule has 1 aromatic carbocycles. The van der Waals surface area contributed by atoms with Gasteiger partial charge in [0, 0.05) is 13.1 Å². The number of hydrogen-bond donors (Lipinski definition) is 1. The SMILES string of the molecule is CC1(O)CCN(C(=O)c2cc(F)cc([N+](=O)[O-])c2F)C1. The maximum Gasteiger partial charge on any atom is 0.308 e. The van der Waals surface area contributed by atoms with E-state index in [2.05, 4.69) is 0 Å². The fourth-order valence-electron chi connectivity index (χ4n) is 2.15. The molecule has 0 radical (unpaired) electrons. The molecule has 0 saturated carbocycles. The fraction of sp³-hybridized carbons (Fsp3) is 0.417. The first kappa shape index (κ1) is 14.3. The molecule has 1 fully saturated rings. The molecule has 1 aliphatic rings. The van der Waals surface area contributed by atoms with E-state index in [1.807, 2.05) is 0 Å². The zero-order valence-electron chi connectivity index (χ0n) is 10.6. The molecule has 6 nitrogen and oxygen atoms in total. The van der Waals surface area contributed by atoms with E-state index in [-0.39, 0.29) is 13.1 Å². The van der Waals surface area contributed by atoms with Crippen molar-refractivity contribution in [2.75, 3.05) is 13.1 Å². The summed E-state index contributed by atoms with van der Waals surface area (Å²) >= 11 is 0. The van der Waals surface area contributed by atoms with E-state index in [0.717, 1.165) is 4.90 Å². The number of hydrogen-bond acceptors (Lipinski definition) is 4. The second kappa shape index (κ2) is 4.78. The lowest BCUT2D eigenvalue weighted by Crippen LogP contribution is -2.34. The van der Waals surface area contributed by atoms with E-state index in [4.69, 9.17) is 0 Å². The van der Waals surface area contributed by atoms with Gasteiger partial charge in [0.15, 0.2) is 0 Å². The van der Waals surface area contributed by atoms with Crippen LogP contribution in [0, 0.1) is 21.7 Å². The second-order valence-corrected chi connectivity index (χ2v) is 5.02. The van der Waals surface area contributed by atoms with E-state index in [9.17, 15) is 28.8 Å². The molecule has 1 atom stereocenters. The number of halogens is 2. The van der Waals surface area contributed by atoms with Crippen LogP contribution in [-0.2, 0) is 0 Å². The molecule has 1 aromatic rings. The Hall–Kier alpha value is -2.09. The summed E-state index contributed by atoms with van der Waals surface area (Å²) in [6, 6.07) is 1.05. The Balaban J connectivity index is 2.38. The van der Waals surface area contributed by atoms with E-state index >= 15 is 0 Å². The van der Waals surface area contributed by atoms with Gasteiger partial charge in [-0.1, -0.05) is 0 Å². The summed E-state index contributed by atoms with van der Waals surface area (Å²) in [7, 11) is 0. The van der Waals surface area contributed by atoms with Gasteiger partial charge in [0.1, 0.15) is 5.82 Å². The molecule has 1 N–H and O–H groups in total. The van der Waals surface area contributed by atoms with Gasteiger partial charge >= 0.3 is 5.69 Å². The maximum atomic E-state index is 13.9. The highest BCUT2D eigenvalue weighted by atomic mass is 19.1. The number of nitro groups is 1. The summed E-state index contributed by atoms with van der Waals surface area (Å²) in [5, 5.41) is 20.4. The molecule has 0 aromatic heterocycles. The minimum atomic E-state index is -1.37. The lowest BCUT2D eigenvalue weighted by Gasteiger charge is -2.19. The number of β-amino-alcohol motifs (C(OH)–C–C–N with tert-alkyl or cyclic N) is 1. The molecule has 1 amide bonds. The molecule has 1 saturated heterocycles. The number of carbonyl (C=O) groups is 1. The molecular weight excluding hydrogens is 274 g/mol. The van der Waals surface area contributed by atoms with Gasteiger partial charge in [-0.25, -0.2) is 4.39 Å². The lowest BCUT2D eigenvalue weighted by atomic mass is 10.1. The van der Waals surface area contributed by atoms with Gasteiger partial charge in [-0.15, -0.1) is 0 Å². The Kier molecular flexibility index (Phi) is 3.43. The molecule has 108 valence electrons. The van der Waals surface area contributed by atoms with Crippen molar-refractivity contribution in [1.82, 2.24) is 4.90 Å². The van der Waals surface area contributed by atoms with Gasteiger partial charge in [0.25, 0.3) is 5.91 Å². The normalized spacial score (nSPS) is 22.1. The standard InChI is InChI=1S/C12H12F2N2O4/c1-12(18)2-3-15(6-12)11(17)8-4-7(13)5-9(10(8)14)16(19)20/h4-5,18H,2-3,6H2,1H3. The summed E-state index contributed by atoms with van der Waals surface area (Å²) in [5.41, 5.74) is -2.88. The number of carbonyl (C=O) groups excluding carboxylic acids is 1. The molecule has 0 spiro atoms. The molecule has 1 aliphatic heterocycles. The second-order valence-electron chi connectivity index (χ2n) is 5.02. The van der Waals surface area contributed by atoms with Crippen LogP contribution < -0.4 is 0 Å². The third-order valence-electron chi connectivity index (χ3n) is 3.18. The Labute approximate surface area is 112 Å². The van der Waals surface area contributed by atoms with Gasteiger partial charge in [0.05, 0.1) is 22.2 Å². The number of nitro benzene ring substituents is 1. The highest BCUT2D eigenvalue weighted by molar-refractivity contribution is 5.95. The molecule has 0 bridgehead atoms. The van der Waals surface area contributed by atoms with Gasteiger partial charge in [-0.05, 0) is 19.4 Å². The molecule has 0 aliphatic carbocycles. The van der Waals surface area contributed by atoms with Gasteiger partial charge in [0.2, 0.25) is 5.82 Å². The van der Waals surface area contributed by atoms with Crippen molar-refractivity contribution in [1.29, 1.82) is 0 Å². The number of rotatable bonds is 2. The average Bonchev–Trinajstić information content (AvgIpc) is 2.71. The van der Waals surface area contributed by atoms with Crippen molar-refractivity contribution < 1.29 is 23.6 Å². The van der Waals surface area contributed by atoms with E-state index in [1.54, 1.807) is 0 Å². The van der Waals surface area contributed by atoms with E-state index < -0.39 is 39.3 Å². The minimum absolute atomic E-state index is 0.0322. The summed E-state index contributed by atoms with van der Waals surface area (Å²) in [6.07, 6.45) is 0.303. The Bertz CT molecular complexity index is 589. The van der Waals surface area contributed by atoms with Crippen molar-refractivity contribution in [2.45, 2.75) is 18.9 Å². The summed E-state index contributed by atoms with van der Waals surface area (Å²) < 4.78 is 27.2. The molecule has 1 heterocycles. The van der Waals surface area contributed by atoms with Crippen LogP contribution in [-0.4, -0.2) is 39.5 Å². The summed E-state index contributed by atoms with van der Waals surface area (Å²) in [4.78, 5) is 22.7. The summed E-state index contributed by atoms with van der Waals surface area (Å²) in [6.45, 7) is 1.66. The van der Waals surface area contributed by atoms with Crippen LogP contribution in [0.15, 0.2) is 12.1 Å². The van der Waals surface area contributed by atoms with Gasteiger partial charge in [-0.2, -0.15) is 4.39 Å². The molecular formula is C12H12F2N2O4. The van der Waals surface area contributed by atoms with Crippen LogP contribution in [0.25, 0.3) is 0 Å². The predicted octanol–water partition coefficient (Wildman–Crippen LogP) is 1.47. The molecule has 2 rings (SSSR count). The summed E-state index contributed by atoms with van der Waals surface area (Å²) in [5.74, 6) is -3.30. The Morgan fingerprint density at radius 3 is 2.65 bits per heavy atom. The predicted molar refractivity (Wildman–Crippen MR) is 64.2 cm³/mol. The molecule has 1 unspecified atom stereocenters. The average molecular weight is 286 g/mol. The number of amides is 1. The smallest absolute Gasteiger partial charge is 0.308 e. The molecule has 8 heteroatoms.